The average Bonchev–Trinajstić information content (AvgIpc) is 2.43. The highest BCUT2D eigenvalue weighted by Gasteiger charge is 2.09. The molecular formula is C14H17FN4. The maximum Gasteiger partial charge on any atom is 0.139 e. The van der Waals surface area contributed by atoms with Gasteiger partial charge in [0.05, 0.1) is 0 Å². The number of benzene rings is 1. The Hall–Kier alpha value is -2.17. The molecule has 1 aromatic carbocycles. The minimum absolute atomic E-state index is 0.255. The summed E-state index contributed by atoms with van der Waals surface area (Å²) in [6.07, 6.45) is 0.757. The number of halogens is 1. The van der Waals surface area contributed by atoms with Crippen molar-refractivity contribution in [1.82, 2.24) is 9.97 Å². The molecule has 0 radical (unpaired) electrons. The van der Waals surface area contributed by atoms with Crippen molar-refractivity contribution in [2.75, 3.05) is 17.7 Å². The van der Waals surface area contributed by atoms with Gasteiger partial charge in [-0.3, -0.25) is 0 Å². The minimum atomic E-state index is -0.255. The van der Waals surface area contributed by atoms with E-state index >= 15 is 0 Å². The van der Waals surface area contributed by atoms with Gasteiger partial charge >= 0.3 is 0 Å². The quantitative estimate of drug-likeness (QED) is 0.885. The molecule has 2 aromatic rings. The van der Waals surface area contributed by atoms with Crippen LogP contribution in [0.15, 0.2) is 24.3 Å². The van der Waals surface area contributed by atoms with E-state index in [1.807, 2.05) is 20.9 Å². The van der Waals surface area contributed by atoms with Gasteiger partial charge in [0.15, 0.2) is 0 Å². The van der Waals surface area contributed by atoms with Gasteiger partial charge in [0.2, 0.25) is 0 Å². The Labute approximate surface area is 112 Å². The summed E-state index contributed by atoms with van der Waals surface area (Å²) in [5.41, 5.74) is 1.73. The maximum absolute atomic E-state index is 12.9. The normalized spacial score (nSPS) is 10.3. The van der Waals surface area contributed by atoms with Gasteiger partial charge in [-0.2, -0.15) is 0 Å². The fourth-order valence-corrected chi connectivity index (χ4v) is 1.76. The molecule has 0 aliphatic heterocycles. The molecule has 0 spiro atoms. The van der Waals surface area contributed by atoms with Crippen molar-refractivity contribution in [3.05, 3.63) is 41.5 Å². The first-order valence-electron chi connectivity index (χ1n) is 6.22. The van der Waals surface area contributed by atoms with Crippen molar-refractivity contribution in [2.24, 2.45) is 0 Å². The number of aromatic nitrogens is 2. The van der Waals surface area contributed by atoms with E-state index in [4.69, 9.17) is 0 Å². The summed E-state index contributed by atoms with van der Waals surface area (Å²) >= 11 is 0. The van der Waals surface area contributed by atoms with E-state index in [0.717, 1.165) is 35.1 Å². The smallest absolute Gasteiger partial charge is 0.139 e. The summed E-state index contributed by atoms with van der Waals surface area (Å²) in [6, 6.07) is 6.19. The largest absolute Gasteiger partial charge is 0.373 e. The predicted molar refractivity (Wildman–Crippen MR) is 75.4 cm³/mol. The van der Waals surface area contributed by atoms with Crippen molar-refractivity contribution < 1.29 is 4.39 Å². The average molecular weight is 260 g/mol. The Morgan fingerprint density at radius 2 is 1.74 bits per heavy atom. The van der Waals surface area contributed by atoms with E-state index in [1.54, 1.807) is 12.1 Å². The fourth-order valence-electron chi connectivity index (χ4n) is 1.76. The Bertz CT molecular complexity index is 566. The molecule has 0 saturated heterocycles. The van der Waals surface area contributed by atoms with Crippen LogP contribution in [-0.4, -0.2) is 17.0 Å². The maximum atomic E-state index is 12.9. The zero-order valence-corrected chi connectivity index (χ0v) is 11.3. The number of anilines is 3. The van der Waals surface area contributed by atoms with E-state index in [0.29, 0.717) is 0 Å². The monoisotopic (exact) mass is 260 g/mol. The molecule has 4 nitrogen and oxygen atoms in total. The second-order valence-electron chi connectivity index (χ2n) is 4.20. The van der Waals surface area contributed by atoms with Crippen LogP contribution in [0, 0.1) is 12.7 Å². The van der Waals surface area contributed by atoms with Crippen molar-refractivity contribution >= 4 is 17.3 Å². The molecule has 0 unspecified atom stereocenters. The number of rotatable bonds is 4. The number of nitrogens with one attached hydrogen (secondary N) is 2. The van der Waals surface area contributed by atoms with Crippen molar-refractivity contribution in [2.45, 2.75) is 20.3 Å². The van der Waals surface area contributed by atoms with Crippen LogP contribution in [0.25, 0.3) is 0 Å². The summed E-state index contributed by atoms with van der Waals surface area (Å²) in [6.45, 7) is 3.95. The zero-order chi connectivity index (χ0) is 13.8. The molecule has 0 aliphatic rings. The van der Waals surface area contributed by atoms with Gasteiger partial charge in [-0.15, -0.1) is 0 Å². The molecule has 100 valence electrons. The highest BCUT2D eigenvalue weighted by Crippen LogP contribution is 2.23. The van der Waals surface area contributed by atoms with E-state index in [2.05, 4.69) is 20.6 Å². The number of aryl methyl sites for hydroxylation is 1. The number of hydrogen-bond acceptors (Lipinski definition) is 4. The van der Waals surface area contributed by atoms with E-state index in [-0.39, 0.29) is 5.82 Å². The molecule has 0 atom stereocenters. The third-order valence-corrected chi connectivity index (χ3v) is 2.85. The van der Waals surface area contributed by atoms with Crippen LogP contribution in [0.3, 0.4) is 0 Å². The molecular weight excluding hydrogens is 243 g/mol. The summed E-state index contributed by atoms with van der Waals surface area (Å²) < 4.78 is 12.9. The standard InChI is InChI=1S/C14H17FN4/c1-4-12-18-13(16-3)9(2)14(19-12)17-11-7-5-10(15)6-8-11/h5-8H,4H2,1-3H3,(H2,16,17,18,19). The van der Waals surface area contributed by atoms with Gasteiger partial charge in [0.1, 0.15) is 23.3 Å². The van der Waals surface area contributed by atoms with Gasteiger partial charge in [-0.05, 0) is 31.2 Å². The molecule has 1 aromatic heterocycles. The predicted octanol–water partition coefficient (Wildman–Crippen LogP) is 3.27. The van der Waals surface area contributed by atoms with Gasteiger partial charge in [-0.25, -0.2) is 14.4 Å². The van der Waals surface area contributed by atoms with E-state index < -0.39 is 0 Å². The third kappa shape index (κ3) is 2.99. The third-order valence-electron chi connectivity index (χ3n) is 2.85. The lowest BCUT2D eigenvalue weighted by Crippen LogP contribution is -2.06. The molecule has 0 bridgehead atoms. The molecule has 0 aliphatic carbocycles. The van der Waals surface area contributed by atoms with Crippen LogP contribution in [0.4, 0.5) is 21.7 Å². The fraction of sp³-hybridized carbons (Fsp3) is 0.286. The second-order valence-corrected chi connectivity index (χ2v) is 4.20. The van der Waals surface area contributed by atoms with Crippen molar-refractivity contribution in [3.8, 4) is 0 Å². The van der Waals surface area contributed by atoms with Crippen LogP contribution in [-0.2, 0) is 6.42 Å². The second kappa shape index (κ2) is 5.65. The summed E-state index contributed by atoms with van der Waals surface area (Å²) in [5, 5.41) is 6.25. The first-order chi connectivity index (χ1) is 9.13. The van der Waals surface area contributed by atoms with Crippen molar-refractivity contribution in [1.29, 1.82) is 0 Å². The Kier molecular flexibility index (Phi) is 3.94. The van der Waals surface area contributed by atoms with E-state index in [1.165, 1.54) is 12.1 Å². The Morgan fingerprint density at radius 1 is 1.11 bits per heavy atom. The zero-order valence-electron chi connectivity index (χ0n) is 11.3. The van der Waals surface area contributed by atoms with Gasteiger partial charge in [0.25, 0.3) is 0 Å². The first kappa shape index (κ1) is 13.3. The van der Waals surface area contributed by atoms with Crippen molar-refractivity contribution in [3.63, 3.8) is 0 Å². The molecule has 1 heterocycles. The first-order valence-corrected chi connectivity index (χ1v) is 6.22. The molecule has 2 N–H and O–H groups in total. The Balaban J connectivity index is 2.35. The molecule has 0 fully saturated rings. The number of nitrogens with zero attached hydrogens (tertiary/aromatic N) is 2. The lowest BCUT2D eigenvalue weighted by molar-refractivity contribution is 0.628. The SMILES string of the molecule is CCc1nc(NC)c(C)c(Nc2ccc(F)cc2)n1. The van der Waals surface area contributed by atoms with Gasteiger partial charge in [-0.1, -0.05) is 6.92 Å². The summed E-state index contributed by atoms with van der Waals surface area (Å²) in [5.74, 6) is 2.05. The topological polar surface area (TPSA) is 49.8 Å². The highest BCUT2D eigenvalue weighted by molar-refractivity contribution is 5.64. The summed E-state index contributed by atoms with van der Waals surface area (Å²) in [7, 11) is 1.83. The molecule has 0 amide bonds. The summed E-state index contributed by atoms with van der Waals surface area (Å²) in [4.78, 5) is 8.86. The molecule has 2 rings (SSSR count). The van der Waals surface area contributed by atoms with Gasteiger partial charge in [0, 0.05) is 24.7 Å². The van der Waals surface area contributed by atoms with Crippen LogP contribution in [0.1, 0.15) is 18.3 Å². The number of hydrogen-bond donors (Lipinski definition) is 2. The lowest BCUT2D eigenvalue weighted by atomic mass is 10.2. The minimum Gasteiger partial charge on any atom is -0.373 e. The van der Waals surface area contributed by atoms with Crippen LogP contribution < -0.4 is 10.6 Å². The van der Waals surface area contributed by atoms with Gasteiger partial charge < -0.3 is 10.6 Å². The lowest BCUT2D eigenvalue weighted by Gasteiger charge is -2.13. The Morgan fingerprint density at radius 3 is 2.32 bits per heavy atom. The van der Waals surface area contributed by atoms with Crippen LogP contribution >= 0.6 is 0 Å². The van der Waals surface area contributed by atoms with Crippen LogP contribution in [0.2, 0.25) is 0 Å². The molecule has 19 heavy (non-hydrogen) atoms. The highest BCUT2D eigenvalue weighted by atomic mass is 19.1. The molecule has 0 saturated carbocycles. The van der Waals surface area contributed by atoms with E-state index in [9.17, 15) is 4.39 Å². The van der Waals surface area contributed by atoms with Crippen LogP contribution in [0.5, 0.6) is 0 Å². The molecule has 5 heteroatoms.